The van der Waals surface area contributed by atoms with Crippen molar-refractivity contribution in [3.05, 3.63) is 6.42 Å². The lowest BCUT2D eigenvalue weighted by Gasteiger charge is -2.24. The molecule has 0 bridgehead atoms. The monoisotopic (exact) mass is 219 g/mol. The molecule has 0 heterocycles. The van der Waals surface area contributed by atoms with Gasteiger partial charge in [0.1, 0.15) is 0 Å². The number of hydrogen-bond acceptors (Lipinski definition) is 2. The Balaban J connectivity index is 2.40. The van der Waals surface area contributed by atoms with Crippen molar-refractivity contribution in [2.24, 2.45) is 5.92 Å². The van der Waals surface area contributed by atoms with Crippen molar-refractivity contribution in [2.75, 3.05) is 0 Å². The van der Waals surface area contributed by atoms with Gasteiger partial charge in [0.15, 0.2) is 6.10 Å². The molecule has 15 heavy (non-hydrogen) atoms. The molecule has 0 aromatic rings. The summed E-state index contributed by atoms with van der Waals surface area (Å²) in [5, 5.41) is 0. The van der Waals surface area contributed by atoms with Crippen LogP contribution in [0, 0.1) is 12.3 Å². The summed E-state index contributed by atoms with van der Waals surface area (Å²) in [4.78, 5) is 11.5. The molecule has 4 heteroatoms. The first-order chi connectivity index (χ1) is 6.91. The van der Waals surface area contributed by atoms with Gasteiger partial charge in [0.25, 0.3) is 5.92 Å². The summed E-state index contributed by atoms with van der Waals surface area (Å²) in [5.74, 6) is -3.77. The van der Waals surface area contributed by atoms with Gasteiger partial charge in [-0.15, -0.1) is 0 Å². The van der Waals surface area contributed by atoms with E-state index in [1.165, 1.54) is 6.92 Å². The molecule has 2 nitrogen and oxygen atoms in total. The van der Waals surface area contributed by atoms with Gasteiger partial charge in [0.05, 0.1) is 5.92 Å². The number of halogens is 2. The highest BCUT2D eigenvalue weighted by Crippen LogP contribution is 2.26. The van der Waals surface area contributed by atoms with Crippen LogP contribution in [-0.4, -0.2) is 18.0 Å². The van der Waals surface area contributed by atoms with Crippen molar-refractivity contribution in [3.8, 4) is 0 Å². The van der Waals surface area contributed by atoms with E-state index in [4.69, 9.17) is 4.74 Å². The number of ether oxygens (including phenoxy) is 1. The zero-order valence-corrected chi connectivity index (χ0v) is 9.13. The molecule has 0 aromatic carbocycles. The number of esters is 1. The van der Waals surface area contributed by atoms with Crippen LogP contribution in [0.25, 0.3) is 0 Å². The van der Waals surface area contributed by atoms with Gasteiger partial charge in [0.2, 0.25) is 0 Å². The molecule has 0 spiro atoms. The molecular weight excluding hydrogens is 202 g/mol. The van der Waals surface area contributed by atoms with Crippen LogP contribution in [0.5, 0.6) is 0 Å². The second-order valence-electron chi connectivity index (χ2n) is 4.16. The Bertz CT molecular complexity index is 217. The minimum absolute atomic E-state index is 0.288. The van der Waals surface area contributed by atoms with E-state index < -0.39 is 18.0 Å². The quantitative estimate of drug-likeness (QED) is 0.682. The molecule has 1 fully saturated rings. The third-order valence-corrected chi connectivity index (χ3v) is 2.73. The fourth-order valence-corrected chi connectivity index (χ4v) is 1.52. The molecule has 0 N–H and O–H groups in total. The molecule has 1 radical (unpaired) electrons. The fraction of sp³-hybridized carbons (Fsp3) is 0.818. The highest BCUT2D eigenvalue weighted by Gasteiger charge is 2.35. The summed E-state index contributed by atoms with van der Waals surface area (Å²) in [7, 11) is 0. The molecule has 1 saturated carbocycles. The highest BCUT2D eigenvalue weighted by atomic mass is 19.3. The lowest BCUT2D eigenvalue weighted by atomic mass is 9.89. The van der Waals surface area contributed by atoms with Gasteiger partial charge in [0, 0.05) is 6.92 Å². The number of carbonyl (C=O) groups excluding carboxylic acids is 1. The van der Waals surface area contributed by atoms with Crippen LogP contribution >= 0.6 is 0 Å². The number of rotatable bonds is 3. The molecule has 0 amide bonds. The first-order valence-corrected chi connectivity index (χ1v) is 5.33. The van der Waals surface area contributed by atoms with E-state index in [1.807, 2.05) is 6.42 Å². The van der Waals surface area contributed by atoms with E-state index in [2.05, 4.69) is 0 Å². The van der Waals surface area contributed by atoms with Crippen molar-refractivity contribution in [1.82, 2.24) is 0 Å². The Morgan fingerprint density at radius 1 is 1.53 bits per heavy atom. The van der Waals surface area contributed by atoms with Gasteiger partial charge in [-0.25, -0.2) is 8.78 Å². The van der Waals surface area contributed by atoms with Crippen LogP contribution < -0.4 is 0 Å². The maximum atomic E-state index is 12.8. The van der Waals surface area contributed by atoms with Gasteiger partial charge >= 0.3 is 5.97 Å². The predicted molar refractivity (Wildman–Crippen MR) is 52.4 cm³/mol. The number of alkyl halides is 2. The zero-order chi connectivity index (χ0) is 11.5. The molecule has 2 unspecified atom stereocenters. The Morgan fingerprint density at radius 3 is 2.67 bits per heavy atom. The van der Waals surface area contributed by atoms with E-state index in [0.29, 0.717) is 0 Å². The van der Waals surface area contributed by atoms with Crippen molar-refractivity contribution in [2.45, 2.75) is 51.6 Å². The van der Waals surface area contributed by atoms with Gasteiger partial charge in [-0.05, 0) is 26.2 Å². The van der Waals surface area contributed by atoms with E-state index in [-0.39, 0.29) is 5.92 Å². The molecule has 2 atom stereocenters. The van der Waals surface area contributed by atoms with Crippen molar-refractivity contribution < 1.29 is 18.3 Å². The second-order valence-corrected chi connectivity index (χ2v) is 4.16. The minimum atomic E-state index is -2.97. The maximum Gasteiger partial charge on any atom is 0.309 e. The van der Waals surface area contributed by atoms with Crippen LogP contribution in [0.15, 0.2) is 0 Å². The Kier molecular flexibility index (Phi) is 4.05. The molecule has 1 aliphatic carbocycles. The third kappa shape index (κ3) is 3.76. The molecule has 1 rings (SSSR count). The molecule has 0 saturated heterocycles. The topological polar surface area (TPSA) is 26.3 Å². The summed E-state index contributed by atoms with van der Waals surface area (Å²) in [6.45, 7) is 1.98. The summed E-state index contributed by atoms with van der Waals surface area (Å²) in [5.41, 5.74) is 0. The Hall–Kier alpha value is -0.670. The van der Waals surface area contributed by atoms with E-state index >= 15 is 0 Å². The maximum absolute atomic E-state index is 12.8. The van der Waals surface area contributed by atoms with Crippen LogP contribution in [0.2, 0.25) is 0 Å². The summed E-state index contributed by atoms with van der Waals surface area (Å²) in [6, 6.07) is 0. The Morgan fingerprint density at radius 2 is 2.20 bits per heavy atom. The minimum Gasteiger partial charge on any atom is -0.456 e. The lowest BCUT2D eigenvalue weighted by molar-refractivity contribution is -0.171. The fourth-order valence-electron chi connectivity index (χ4n) is 1.52. The standard InChI is InChI=1S/C11H17F2O2/c1-8(11(2,12)13)15-10(14)9-6-4-3-5-7-9/h6,8-9H,3-5,7H2,1-2H3. The van der Waals surface area contributed by atoms with Gasteiger partial charge < -0.3 is 4.74 Å². The molecule has 0 aliphatic heterocycles. The normalized spacial score (nSPS) is 21.1. The highest BCUT2D eigenvalue weighted by molar-refractivity contribution is 5.74. The lowest BCUT2D eigenvalue weighted by Crippen LogP contribution is -2.34. The SMILES string of the molecule is CC(OC(=O)C1[CH]CCCC1)C(C)(F)F. The van der Waals surface area contributed by atoms with Crippen LogP contribution in [-0.2, 0) is 9.53 Å². The largest absolute Gasteiger partial charge is 0.456 e. The van der Waals surface area contributed by atoms with Gasteiger partial charge in [-0.1, -0.05) is 12.8 Å². The summed E-state index contributed by atoms with van der Waals surface area (Å²) < 4.78 is 30.2. The van der Waals surface area contributed by atoms with Crippen LogP contribution in [0.3, 0.4) is 0 Å². The first-order valence-electron chi connectivity index (χ1n) is 5.33. The second kappa shape index (κ2) is 4.90. The van der Waals surface area contributed by atoms with E-state index in [1.54, 1.807) is 0 Å². The van der Waals surface area contributed by atoms with Crippen molar-refractivity contribution >= 4 is 5.97 Å². The number of hydrogen-bond donors (Lipinski definition) is 0. The van der Waals surface area contributed by atoms with Crippen molar-refractivity contribution in [1.29, 1.82) is 0 Å². The van der Waals surface area contributed by atoms with Crippen LogP contribution in [0.1, 0.15) is 39.5 Å². The summed E-state index contributed by atoms with van der Waals surface area (Å²) >= 11 is 0. The average Bonchev–Trinajstić information content (AvgIpc) is 2.17. The van der Waals surface area contributed by atoms with Gasteiger partial charge in [-0.3, -0.25) is 4.79 Å². The third-order valence-electron chi connectivity index (χ3n) is 2.73. The van der Waals surface area contributed by atoms with Gasteiger partial charge in [-0.2, -0.15) is 0 Å². The smallest absolute Gasteiger partial charge is 0.309 e. The average molecular weight is 219 g/mol. The first kappa shape index (κ1) is 12.4. The van der Waals surface area contributed by atoms with Crippen molar-refractivity contribution in [3.63, 3.8) is 0 Å². The molecule has 1 aliphatic rings. The van der Waals surface area contributed by atoms with Crippen LogP contribution in [0.4, 0.5) is 8.78 Å². The molecule has 0 aromatic heterocycles. The molecular formula is C11H17F2O2. The molecule has 87 valence electrons. The summed E-state index contributed by atoms with van der Waals surface area (Å²) in [6.07, 6.45) is 4.15. The zero-order valence-electron chi connectivity index (χ0n) is 9.13. The van der Waals surface area contributed by atoms with E-state index in [9.17, 15) is 13.6 Å². The Labute approximate surface area is 89.0 Å². The number of carbonyl (C=O) groups is 1. The van der Waals surface area contributed by atoms with E-state index in [0.717, 1.165) is 32.6 Å². The predicted octanol–water partition coefficient (Wildman–Crippen LogP) is 2.97.